The molecule has 0 saturated heterocycles. The van der Waals surface area contributed by atoms with Crippen LogP contribution in [0.2, 0.25) is 5.15 Å². The fourth-order valence-electron chi connectivity index (χ4n) is 2.13. The van der Waals surface area contributed by atoms with E-state index in [0.29, 0.717) is 12.2 Å². The molecule has 9 heteroatoms. The smallest absolute Gasteiger partial charge is 0.284 e. The van der Waals surface area contributed by atoms with Crippen LogP contribution in [0.1, 0.15) is 18.1 Å². The average molecular weight is 330 g/mol. The zero-order chi connectivity index (χ0) is 15.2. The third-order valence-electron chi connectivity index (χ3n) is 3.36. The zero-order valence-corrected chi connectivity index (χ0v) is 12.6. The van der Waals surface area contributed by atoms with Gasteiger partial charge < -0.3 is 8.98 Å². The topological polar surface area (TPSA) is 94.2 Å². The van der Waals surface area contributed by atoms with E-state index in [-0.39, 0.29) is 16.1 Å². The molecule has 1 amide bonds. The van der Waals surface area contributed by atoms with Gasteiger partial charge in [-0.2, -0.15) is 8.42 Å². The standard InChI is InChI=1S/C12H12ClN3O4S/c1-16-6-14-12(10(16)13)21(18,19)15-11(17)8-5-7(8)9-3-2-4-20-9/h2-4,6-8H,5H2,1H3,(H,15,17)/t7-,8-/m1/s1. The number of carbonyl (C=O) groups is 1. The van der Waals surface area contributed by atoms with Gasteiger partial charge >= 0.3 is 0 Å². The maximum Gasteiger partial charge on any atom is 0.284 e. The fraction of sp³-hybridized carbons (Fsp3) is 0.333. The summed E-state index contributed by atoms with van der Waals surface area (Å²) in [4.78, 5) is 15.7. The van der Waals surface area contributed by atoms with E-state index in [9.17, 15) is 13.2 Å². The van der Waals surface area contributed by atoms with Gasteiger partial charge in [-0.25, -0.2) is 9.71 Å². The van der Waals surface area contributed by atoms with Crippen LogP contribution in [0, 0.1) is 5.92 Å². The van der Waals surface area contributed by atoms with Crippen molar-refractivity contribution in [2.75, 3.05) is 0 Å². The first-order valence-corrected chi connectivity index (χ1v) is 8.03. The molecule has 0 unspecified atom stereocenters. The number of imidazole rings is 1. The predicted octanol–water partition coefficient (Wildman–Crippen LogP) is 1.28. The van der Waals surface area contributed by atoms with E-state index in [4.69, 9.17) is 16.0 Å². The molecule has 21 heavy (non-hydrogen) atoms. The van der Waals surface area contributed by atoms with Gasteiger partial charge in [0.2, 0.25) is 10.9 Å². The molecule has 3 rings (SSSR count). The third kappa shape index (κ3) is 2.56. The predicted molar refractivity (Wildman–Crippen MR) is 73.1 cm³/mol. The van der Waals surface area contributed by atoms with Gasteiger partial charge in [-0.05, 0) is 18.6 Å². The van der Waals surface area contributed by atoms with Crippen LogP contribution >= 0.6 is 11.6 Å². The summed E-state index contributed by atoms with van der Waals surface area (Å²) in [5.41, 5.74) is 0. The molecule has 112 valence electrons. The summed E-state index contributed by atoms with van der Waals surface area (Å²) in [6, 6.07) is 3.50. The van der Waals surface area contributed by atoms with E-state index >= 15 is 0 Å². The molecule has 1 aliphatic carbocycles. The Morgan fingerprint density at radius 1 is 1.57 bits per heavy atom. The van der Waals surface area contributed by atoms with E-state index in [1.807, 2.05) is 4.72 Å². The molecule has 1 saturated carbocycles. The Hall–Kier alpha value is -1.80. The number of nitrogens with one attached hydrogen (secondary N) is 1. The van der Waals surface area contributed by atoms with Crippen molar-refractivity contribution in [1.29, 1.82) is 0 Å². The minimum Gasteiger partial charge on any atom is -0.469 e. The van der Waals surface area contributed by atoms with Gasteiger partial charge in [0.1, 0.15) is 10.9 Å². The second-order valence-corrected chi connectivity index (χ2v) is 6.84. The first-order valence-electron chi connectivity index (χ1n) is 6.17. The molecule has 1 aliphatic rings. The summed E-state index contributed by atoms with van der Waals surface area (Å²) in [5.74, 6) is -0.371. The van der Waals surface area contributed by atoms with Gasteiger partial charge in [0.25, 0.3) is 10.0 Å². The van der Waals surface area contributed by atoms with E-state index in [0.717, 1.165) is 0 Å². The summed E-state index contributed by atoms with van der Waals surface area (Å²) in [6.07, 6.45) is 3.35. The van der Waals surface area contributed by atoms with E-state index in [2.05, 4.69) is 4.98 Å². The van der Waals surface area contributed by atoms with Crippen LogP contribution in [0.4, 0.5) is 0 Å². The molecule has 2 heterocycles. The second kappa shape index (κ2) is 4.88. The van der Waals surface area contributed by atoms with Crippen molar-refractivity contribution in [3.63, 3.8) is 0 Å². The van der Waals surface area contributed by atoms with Crippen molar-refractivity contribution in [1.82, 2.24) is 14.3 Å². The van der Waals surface area contributed by atoms with E-state index in [1.54, 1.807) is 19.2 Å². The lowest BCUT2D eigenvalue weighted by molar-refractivity contribution is -0.120. The molecular formula is C12H12ClN3O4S. The number of halogens is 1. The van der Waals surface area contributed by atoms with Crippen molar-refractivity contribution in [2.24, 2.45) is 13.0 Å². The van der Waals surface area contributed by atoms with Gasteiger partial charge in [0.05, 0.1) is 12.6 Å². The Balaban J connectivity index is 1.72. The number of aryl methyl sites for hydroxylation is 1. The Bertz CT molecular complexity index is 782. The summed E-state index contributed by atoms with van der Waals surface area (Å²) in [6.45, 7) is 0. The number of hydrogen-bond acceptors (Lipinski definition) is 5. The number of sulfonamides is 1. The molecule has 0 spiro atoms. The Labute approximate surface area is 126 Å². The maximum absolute atomic E-state index is 12.1. The van der Waals surface area contributed by atoms with Crippen molar-refractivity contribution >= 4 is 27.5 Å². The van der Waals surface area contributed by atoms with Gasteiger partial charge in [0.15, 0.2) is 0 Å². The maximum atomic E-state index is 12.1. The SMILES string of the molecule is Cn1cnc(S(=O)(=O)NC(=O)[C@@H]2C[C@H]2c2ccco2)c1Cl. The van der Waals surface area contributed by atoms with Gasteiger partial charge in [-0.3, -0.25) is 4.79 Å². The lowest BCUT2D eigenvalue weighted by Crippen LogP contribution is -2.32. The van der Waals surface area contributed by atoms with E-state index < -0.39 is 21.8 Å². The number of amides is 1. The van der Waals surface area contributed by atoms with Crippen molar-refractivity contribution in [2.45, 2.75) is 17.4 Å². The highest BCUT2D eigenvalue weighted by molar-refractivity contribution is 7.90. The second-order valence-electron chi connectivity index (χ2n) is 4.89. The molecule has 1 fully saturated rings. The molecule has 0 aromatic carbocycles. The van der Waals surface area contributed by atoms with Crippen LogP contribution in [-0.4, -0.2) is 23.9 Å². The van der Waals surface area contributed by atoms with Crippen LogP contribution < -0.4 is 4.72 Å². The minimum atomic E-state index is -4.06. The number of aromatic nitrogens is 2. The van der Waals surface area contributed by atoms with Crippen LogP contribution in [0.3, 0.4) is 0 Å². The quantitative estimate of drug-likeness (QED) is 0.911. The number of furan rings is 1. The Morgan fingerprint density at radius 2 is 2.33 bits per heavy atom. The summed E-state index contributed by atoms with van der Waals surface area (Å²) in [7, 11) is -2.50. The van der Waals surface area contributed by atoms with Gasteiger partial charge in [-0.15, -0.1) is 0 Å². The molecule has 7 nitrogen and oxygen atoms in total. The highest BCUT2D eigenvalue weighted by atomic mass is 35.5. The number of carbonyl (C=O) groups excluding carboxylic acids is 1. The largest absolute Gasteiger partial charge is 0.469 e. The first kappa shape index (κ1) is 14.2. The Kier molecular flexibility index (Phi) is 3.29. The lowest BCUT2D eigenvalue weighted by Gasteiger charge is -2.04. The monoisotopic (exact) mass is 329 g/mol. The summed E-state index contributed by atoms with van der Waals surface area (Å²) < 4.78 is 32.7. The number of rotatable bonds is 4. The van der Waals surface area contributed by atoms with Crippen LogP contribution in [0.25, 0.3) is 0 Å². The average Bonchev–Trinajstić information content (AvgIpc) is 2.88. The van der Waals surface area contributed by atoms with Crippen molar-refractivity contribution in [3.05, 3.63) is 35.6 Å². The van der Waals surface area contributed by atoms with Gasteiger partial charge in [-0.1, -0.05) is 11.6 Å². The zero-order valence-electron chi connectivity index (χ0n) is 11.0. The molecular weight excluding hydrogens is 318 g/mol. The lowest BCUT2D eigenvalue weighted by atomic mass is 10.2. The van der Waals surface area contributed by atoms with Crippen LogP contribution in [0.5, 0.6) is 0 Å². The minimum absolute atomic E-state index is 0.0475. The third-order valence-corrected chi connectivity index (χ3v) is 5.20. The Morgan fingerprint density at radius 3 is 2.90 bits per heavy atom. The summed E-state index contributed by atoms with van der Waals surface area (Å²) in [5, 5.41) is -0.399. The molecule has 0 radical (unpaired) electrons. The molecule has 0 bridgehead atoms. The highest BCUT2D eigenvalue weighted by Gasteiger charge is 2.47. The van der Waals surface area contributed by atoms with Crippen molar-refractivity contribution < 1.29 is 17.6 Å². The molecule has 2 aromatic rings. The normalized spacial score (nSPS) is 21.2. The molecule has 1 N–H and O–H groups in total. The van der Waals surface area contributed by atoms with Gasteiger partial charge in [0, 0.05) is 18.9 Å². The molecule has 0 aliphatic heterocycles. The first-order chi connectivity index (χ1) is 9.90. The molecule has 2 aromatic heterocycles. The highest BCUT2D eigenvalue weighted by Crippen LogP contribution is 2.47. The summed E-state index contributed by atoms with van der Waals surface area (Å²) >= 11 is 5.84. The van der Waals surface area contributed by atoms with Crippen molar-refractivity contribution in [3.8, 4) is 0 Å². The number of nitrogens with zero attached hydrogens (tertiary/aromatic N) is 2. The number of hydrogen-bond donors (Lipinski definition) is 1. The van der Waals surface area contributed by atoms with Crippen LogP contribution in [0.15, 0.2) is 34.2 Å². The van der Waals surface area contributed by atoms with E-state index in [1.165, 1.54) is 17.2 Å². The van der Waals surface area contributed by atoms with Crippen LogP contribution in [-0.2, 0) is 21.9 Å². The fourth-order valence-corrected chi connectivity index (χ4v) is 3.59. The molecule has 2 atom stereocenters.